The molecule has 0 atom stereocenters. The lowest BCUT2D eigenvalue weighted by Crippen LogP contribution is -2.10. The fourth-order valence-corrected chi connectivity index (χ4v) is 2.77. The number of nitrogens with one attached hydrogen (secondary N) is 1. The van der Waals surface area contributed by atoms with E-state index in [1.54, 1.807) is 18.2 Å². The molecule has 1 heterocycles. The van der Waals surface area contributed by atoms with Crippen LogP contribution in [0.3, 0.4) is 0 Å². The molecule has 4 nitrogen and oxygen atoms in total. The molecule has 24 heavy (non-hydrogen) atoms. The highest BCUT2D eigenvalue weighted by Gasteiger charge is 2.31. The Kier molecular flexibility index (Phi) is 4.08. The van der Waals surface area contributed by atoms with Crippen LogP contribution in [0.25, 0.3) is 22.0 Å². The molecule has 0 amide bonds. The van der Waals surface area contributed by atoms with Crippen LogP contribution in [0.2, 0.25) is 0 Å². The van der Waals surface area contributed by atoms with E-state index in [1.807, 2.05) is 0 Å². The van der Waals surface area contributed by atoms with Gasteiger partial charge in [0.1, 0.15) is 11.4 Å². The molecule has 2 aromatic carbocycles. The Hall–Kier alpha value is -2.35. The maximum atomic E-state index is 12.9. The number of hydrogen-bond donors (Lipinski definition) is 1. The molecule has 3 aromatic rings. The van der Waals surface area contributed by atoms with Crippen molar-refractivity contribution in [3.63, 3.8) is 0 Å². The second kappa shape index (κ2) is 5.94. The number of H-pyrrole nitrogens is 1. The summed E-state index contributed by atoms with van der Waals surface area (Å²) in [6, 6.07) is 8.17. The first-order valence-electron chi connectivity index (χ1n) is 6.75. The highest BCUT2D eigenvalue weighted by molar-refractivity contribution is 9.10. The number of rotatable bonds is 2. The van der Waals surface area contributed by atoms with Crippen molar-refractivity contribution in [1.29, 1.82) is 0 Å². The van der Waals surface area contributed by atoms with Gasteiger partial charge in [-0.25, -0.2) is 5.10 Å². The first-order chi connectivity index (χ1) is 11.3. The van der Waals surface area contributed by atoms with Crippen LogP contribution in [0.15, 0.2) is 45.7 Å². The van der Waals surface area contributed by atoms with Crippen molar-refractivity contribution in [2.24, 2.45) is 0 Å². The maximum absolute atomic E-state index is 12.9. The SMILES string of the molecule is COc1cc(C(F)(F)F)ccc1-c1n[nH]c(=O)c2cc(Br)ccc12. The van der Waals surface area contributed by atoms with Crippen molar-refractivity contribution < 1.29 is 17.9 Å². The van der Waals surface area contributed by atoms with Crippen LogP contribution in [0, 0.1) is 0 Å². The van der Waals surface area contributed by atoms with Crippen LogP contribution in [0.4, 0.5) is 13.2 Å². The summed E-state index contributed by atoms with van der Waals surface area (Å²) < 4.78 is 44.4. The Labute approximate surface area is 142 Å². The minimum atomic E-state index is -4.48. The number of nitrogens with zero attached hydrogens (tertiary/aromatic N) is 1. The van der Waals surface area contributed by atoms with Crippen molar-refractivity contribution in [2.75, 3.05) is 7.11 Å². The van der Waals surface area contributed by atoms with Gasteiger partial charge < -0.3 is 4.74 Å². The third-order valence-electron chi connectivity index (χ3n) is 3.53. The summed E-state index contributed by atoms with van der Waals surface area (Å²) in [7, 11) is 1.28. The monoisotopic (exact) mass is 398 g/mol. The number of fused-ring (bicyclic) bond motifs is 1. The number of benzene rings is 2. The highest BCUT2D eigenvalue weighted by Crippen LogP contribution is 2.38. The van der Waals surface area contributed by atoms with E-state index >= 15 is 0 Å². The number of methoxy groups -OCH3 is 1. The molecule has 8 heteroatoms. The molecule has 0 radical (unpaired) electrons. The van der Waals surface area contributed by atoms with Gasteiger partial charge in [-0.1, -0.05) is 22.0 Å². The smallest absolute Gasteiger partial charge is 0.416 e. The summed E-state index contributed by atoms with van der Waals surface area (Å²) in [5, 5.41) is 7.24. The van der Waals surface area contributed by atoms with Crippen LogP contribution in [-0.4, -0.2) is 17.3 Å². The minimum Gasteiger partial charge on any atom is -0.496 e. The van der Waals surface area contributed by atoms with Crippen LogP contribution >= 0.6 is 15.9 Å². The van der Waals surface area contributed by atoms with E-state index < -0.39 is 11.7 Å². The minimum absolute atomic E-state index is 0.0218. The van der Waals surface area contributed by atoms with Gasteiger partial charge in [-0.2, -0.15) is 18.3 Å². The van der Waals surface area contributed by atoms with E-state index in [4.69, 9.17) is 4.74 Å². The average Bonchev–Trinajstić information content (AvgIpc) is 2.54. The third kappa shape index (κ3) is 2.89. The van der Waals surface area contributed by atoms with Gasteiger partial charge in [0.2, 0.25) is 0 Å². The maximum Gasteiger partial charge on any atom is 0.416 e. The second-order valence-electron chi connectivity index (χ2n) is 5.00. The molecule has 0 spiro atoms. The van der Waals surface area contributed by atoms with E-state index in [-0.39, 0.29) is 11.3 Å². The predicted molar refractivity (Wildman–Crippen MR) is 87.1 cm³/mol. The standard InChI is InChI=1S/C16H10BrF3N2O2/c1-24-13-6-8(16(18,19)20)2-4-11(13)14-10-5-3-9(17)7-12(10)15(23)22-21-14/h2-7H,1H3,(H,22,23). The molecule has 0 aliphatic heterocycles. The summed E-state index contributed by atoms with van der Waals surface area (Å²) >= 11 is 3.28. The van der Waals surface area contributed by atoms with Crippen LogP contribution in [0.1, 0.15) is 5.56 Å². The predicted octanol–water partition coefficient (Wildman–Crippen LogP) is 4.38. The number of ether oxygens (including phenoxy) is 1. The Morgan fingerprint density at radius 1 is 1.12 bits per heavy atom. The Morgan fingerprint density at radius 2 is 1.88 bits per heavy atom. The number of aromatic amines is 1. The van der Waals surface area contributed by atoms with E-state index in [2.05, 4.69) is 26.1 Å². The molecule has 0 saturated carbocycles. The first kappa shape index (κ1) is 16.5. The molecule has 0 aliphatic carbocycles. The second-order valence-corrected chi connectivity index (χ2v) is 5.92. The molecule has 0 fully saturated rings. The van der Waals surface area contributed by atoms with Crippen molar-refractivity contribution in [2.45, 2.75) is 6.18 Å². The van der Waals surface area contributed by atoms with Gasteiger partial charge >= 0.3 is 6.18 Å². The normalized spacial score (nSPS) is 11.7. The molecule has 124 valence electrons. The fraction of sp³-hybridized carbons (Fsp3) is 0.125. The first-order valence-corrected chi connectivity index (χ1v) is 7.54. The Balaban J connectivity index is 2.28. The van der Waals surface area contributed by atoms with E-state index in [9.17, 15) is 18.0 Å². The van der Waals surface area contributed by atoms with Gasteiger partial charge in [0.15, 0.2) is 0 Å². The summed E-state index contributed by atoms with van der Waals surface area (Å²) in [5.41, 5.74) is -0.516. The molecule has 1 N–H and O–H groups in total. The zero-order valence-corrected chi connectivity index (χ0v) is 13.8. The molecule has 0 aliphatic rings. The van der Waals surface area contributed by atoms with Crippen LogP contribution in [-0.2, 0) is 6.18 Å². The van der Waals surface area contributed by atoms with Crippen LogP contribution in [0.5, 0.6) is 5.75 Å². The van der Waals surface area contributed by atoms with E-state index in [0.29, 0.717) is 26.5 Å². The molecule has 0 saturated heterocycles. The number of hydrogen-bond acceptors (Lipinski definition) is 3. The van der Waals surface area contributed by atoms with Gasteiger partial charge in [-0.15, -0.1) is 0 Å². The number of halogens is 4. The largest absolute Gasteiger partial charge is 0.496 e. The molecule has 3 rings (SSSR count). The lowest BCUT2D eigenvalue weighted by atomic mass is 10.0. The summed E-state index contributed by atoms with van der Waals surface area (Å²) in [5.74, 6) is 0.0218. The van der Waals surface area contributed by atoms with Gasteiger partial charge in [0, 0.05) is 15.4 Å². The number of alkyl halides is 3. The van der Waals surface area contributed by atoms with Crippen LogP contribution < -0.4 is 10.3 Å². The average molecular weight is 399 g/mol. The number of aromatic nitrogens is 2. The highest BCUT2D eigenvalue weighted by atomic mass is 79.9. The molecular weight excluding hydrogens is 389 g/mol. The quantitative estimate of drug-likeness (QED) is 0.696. The lowest BCUT2D eigenvalue weighted by Gasteiger charge is -2.13. The zero-order chi connectivity index (χ0) is 17.5. The van der Waals surface area contributed by atoms with E-state index in [0.717, 1.165) is 12.1 Å². The third-order valence-corrected chi connectivity index (χ3v) is 4.03. The van der Waals surface area contributed by atoms with Crippen molar-refractivity contribution >= 4 is 26.7 Å². The van der Waals surface area contributed by atoms with Crippen molar-refractivity contribution in [1.82, 2.24) is 10.2 Å². The summed E-state index contributed by atoms with van der Waals surface area (Å²) in [4.78, 5) is 11.9. The van der Waals surface area contributed by atoms with Crippen molar-refractivity contribution in [3.05, 3.63) is 56.8 Å². The molecule has 1 aromatic heterocycles. The Bertz CT molecular complexity index is 983. The lowest BCUT2D eigenvalue weighted by molar-refractivity contribution is -0.137. The Morgan fingerprint density at radius 3 is 2.54 bits per heavy atom. The van der Waals surface area contributed by atoms with Gasteiger partial charge in [0.25, 0.3) is 5.56 Å². The van der Waals surface area contributed by atoms with Crippen molar-refractivity contribution in [3.8, 4) is 17.0 Å². The topological polar surface area (TPSA) is 55.0 Å². The summed E-state index contributed by atoms with van der Waals surface area (Å²) in [6.07, 6.45) is -4.48. The summed E-state index contributed by atoms with van der Waals surface area (Å²) in [6.45, 7) is 0. The fourth-order valence-electron chi connectivity index (χ4n) is 2.41. The van der Waals surface area contributed by atoms with Gasteiger partial charge in [-0.3, -0.25) is 4.79 Å². The zero-order valence-electron chi connectivity index (χ0n) is 12.2. The van der Waals surface area contributed by atoms with Gasteiger partial charge in [-0.05, 0) is 30.3 Å². The van der Waals surface area contributed by atoms with Gasteiger partial charge in [0.05, 0.1) is 18.1 Å². The molecule has 0 bridgehead atoms. The molecule has 0 unspecified atom stereocenters. The van der Waals surface area contributed by atoms with E-state index in [1.165, 1.54) is 13.2 Å². The molecular formula is C16H10BrF3N2O2.